The minimum atomic E-state index is -6.91. The van der Waals surface area contributed by atoms with E-state index in [0.29, 0.717) is 6.92 Å². The molecular formula is C10H7F11O2. The summed E-state index contributed by atoms with van der Waals surface area (Å²) in [5.74, 6) is -27.1. The van der Waals surface area contributed by atoms with E-state index in [4.69, 9.17) is 5.11 Å². The molecule has 13 heteroatoms. The molecule has 0 saturated heterocycles. The lowest BCUT2D eigenvalue weighted by atomic mass is 9.75. The van der Waals surface area contributed by atoms with E-state index in [9.17, 15) is 48.3 Å². The Hall–Kier alpha value is -0.850. The summed E-state index contributed by atoms with van der Waals surface area (Å²) >= 11 is 0. The van der Waals surface area contributed by atoms with Crippen LogP contribution in [0.2, 0.25) is 0 Å². The number of rotatable bonds is 3. The first kappa shape index (κ1) is 18.5. The fourth-order valence-electron chi connectivity index (χ4n) is 2.87. The molecule has 0 aliphatic heterocycles. The number of hydrogen-bond donors (Lipinski definition) is 1. The highest BCUT2D eigenvalue weighted by Crippen LogP contribution is 2.82. The molecule has 0 spiro atoms. The van der Waals surface area contributed by atoms with Crippen LogP contribution in [0.4, 0.5) is 48.3 Å². The minimum Gasteiger partial charge on any atom is -0.368 e. The molecule has 2 aliphatic rings. The lowest BCUT2D eigenvalue weighted by Gasteiger charge is -2.46. The zero-order chi connectivity index (χ0) is 18.5. The van der Waals surface area contributed by atoms with E-state index in [1.807, 2.05) is 0 Å². The van der Waals surface area contributed by atoms with Crippen LogP contribution in [0, 0.1) is 0 Å². The van der Waals surface area contributed by atoms with E-state index in [1.54, 1.807) is 0 Å². The zero-order valence-corrected chi connectivity index (χ0v) is 10.8. The second kappa shape index (κ2) is 4.03. The molecule has 2 bridgehead atoms. The summed E-state index contributed by atoms with van der Waals surface area (Å²) in [6.07, 6.45) is -2.25. The number of aliphatic hydroxyl groups excluding tert-OH is 1. The van der Waals surface area contributed by atoms with Gasteiger partial charge in [-0.25, -0.2) is 13.2 Å². The van der Waals surface area contributed by atoms with Crippen LogP contribution in [0.15, 0.2) is 0 Å². The van der Waals surface area contributed by atoms with Gasteiger partial charge in [0.05, 0.1) is 6.61 Å². The van der Waals surface area contributed by atoms with Gasteiger partial charge in [-0.05, 0) is 6.92 Å². The normalized spacial score (nSPS) is 46.8. The molecule has 2 fully saturated rings. The third-order valence-electron chi connectivity index (χ3n) is 4.12. The second-order valence-electron chi connectivity index (χ2n) is 5.33. The number of ether oxygens (including phenoxy) is 1. The molecular weight excluding hydrogens is 361 g/mol. The van der Waals surface area contributed by atoms with Gasteiger partial charge in [0, 0.05) is 0 Å². The number of hydrogen-bond acceptors (Lipinski definition) is 2. The molecule has 0 aromatic carbocycles. The summed E-state index contributed by atoms with van der Waals surface area (Å²) in [5.41, 5.74) is -19.3. The predicted octanol–water partition coefficient (Wildman–Crippen LogP) is 3.03. The zero-order valence-electron chi connectivity index (χ0n) is 10.8. The maximum Gasteiger partial charge on any atom is 0.359 e. The van der Waals surface area contributed by atoms with E-state index in [2.05, 4.69) is 4.74 Å². The molecule has 0 radical (unpaired) electrons. The summed E-state index contributed by atoms with van der Waals surface area (Å²) in [4.78, 5) is 0. The van der Waals surface area contributed by atoms with E-state index >= 15 is 0 Å². The van der Waals surface area contributed by atoms with Gasteiger partial charge in [-0.2, -0.15) is 35.1 Å². The Morgan fingerprint density at radius 1 is 0.696 bits per heavy atom. The van der Waals surface area contributed by atoms with E-state index < -0.39 is 53.6 Å². The van der Waals surface area contributed by atoms with Crippen molar-refractivity contribution >= 4 is 0 Å². The Labute approximate surface area is 120 Å². The molecule has 0 aromatic heterocycles. The first-order valence-electron chi connectivity index (χ1n) is 5.79. The molecule has 1 N–H and O–H groups in total. The van der Waals surface area contributed by atoms with Gasteiger partial charge in [-0.1, -0.05) is 0 Å². The fourth-order valence-corrected chi connectivity index (χ4v) is 2.87. The topological polar surface area (TPSA) is 29.5 Å². The first-order valence-corrected chi connectivity index (χ1v) is 5.79. The molecule has 0 heterocycles. The highest BCUT2D eigenvalue weighted by atomic mass is 19.3. The molecule has 23 heavy (non-hydrogen) atoms. The highest BCUT2D eigenvalue weighted by Gasteiger charge is 3.16. The smallest absolute Gasteiger partial charge is 0.359 e. The average Bonchev–Trinajstić information content (AvgIpc) is 2.50. The van der Waals surface area contributed by atoms with Crippen LogP contribution in [0.5, 0.6) is 0 Å². The van der Waals surface area contributed by atoms with Crippen molar-refractivity contribution in [2.75, 3.05) is 6.61 Å². The molecule has 2 saturated carbocycles. The van der Waals surface area contributed by atoms with Gasteiger partial charge in [0.25, 0.3) is 5.67 Å². The van der Waals surface area contributed by atoms with Crippen molar-refractivity contribution in [3.63, 3.8) is 0 Å². The molecule has 2 nitrogen and oxygen atoms in total. The van der Waals surface area contributed by atoms with Crippen LogP contribution in [-0.4, -0.2) is 58.7 Å². The van der Waals surface area contributed by atoms with Gasteiger partial charge in [-0.3, -0.25) is 0 Å². The third-order valence-corrected chi connectivity index (χ3v) is 4.12. The molecule has 4 unspecified atom stereocenters. The Kier molecular flexibility index (Phi) is 3.24. The standard InChI is InChI=1S/C10H7F11O2/c1-3(22)23-2-4(11)5(12)8(16,17)6(13,7(4,14)15)10(20,21)9(5,18)19/h3,22H,2H2,1H3. The van der Waals surface area contributed by atoms with Crippen LogP contribution >= 0.6 is 0 Å². The van der Waals surface area contributed by atoms with E-state index in [-0.39, 0.29) is 0 Å². The number of aliphatic hydroxyl groups is 1. The number of fused-ring (bicyclic) bond motifs is 2. The lowest BCUT2D eigenvalue weighted by Crippen LogP contribution is -2.77. The Bertz CT molecular complexity index is 535. The fraction of sp³-hybridized carbons (Fsp3) is 1.00. The summed E-state index contributed by atoms with van der Waals surface area (Å²) in [7, 11) is 0. The molecule has 136 valence electrons. The van der Waals surface area contributed by atoms with Crippen molar-refractivity contribution in [3.8, 4) is 0 Å². The number of halogens is 11. The Balaban J connectivity index is 2.81. The third kappa shape index (κ3) is 1.30. The van der Waals surface area contributed by atoms with E-state index in [0.717, 1.165) is 0 Å². The Morgan fingerprint density at radius 3 is 1.43 bits per heavy atom. The molecule has 2 rings (SSSR count). The van der Waals surface area contributed by atoms with Gasteiger partial charge in [-0.15, -0.1) is 0 Å². The van der Waals surface area contributed by atoms with Crippen LogP contribution in [0.1, 0.15) is 6.92 Å². The summed E-state index contributed by atoms with van der Waals surface area (Å²) in [6.45, 7) is -2.16. The SMILES string of the molecule is CC(O)OCC1(F)C(F)(F)C2(F)C(F)(F)C(F)(F)C1(F)C2(F)F. The van der Waals surface area contributed by atoms with Crippen molar-refractivity contribution in [3.05, 3.63) is 0 Å². The quantitative estimate of drug-likeness (QED) is 0.613. The van der Waals surface area contributed by atoms with Crippen LogP contribution < -0.4 is 0 Å². The first-order chi connectivity index (χ1) is 9.92. The molecule has 0 aromatic rings. The number of alkyl halides is 11. The van der Waals surface area contributed by atoms with Crippen molar-refractivity contribution in [1.82, 2.24) is 0 Å². The monoisotopic (exact) mass is 368 g/mol. The second-order valence-corrected chi connectivity index (χ2v) is 5.33. The van der Waals surface area contributed by atoms with Gasteiger partial charge in [0.1, 0.15) is 0 Å². The van der Waals surface area contributed by atoms with Crippen molar-refractivity contribution in [2.45, 2.75) is 53.9 Å². The van der Waals surface area contributed by atoms with Crippen molar-refractivity contribution in [2.24, 2.45) is 0 Å². The maximum absolute atomic E-state index is 14.2. The molecule has 0 amide bonds. The highest BCUT2D eigenvalue weighted by molar-refractivity contribution is 5.48. The van der Waals surface area contributed by atoms with Gasteiger partial charge in [0.15, 0.2) is 6.29 Å². The van der Waals surface area contributed by atoms with Crippen LogP contribution in [0.25, 0.3) is 0 Å². The van der Waals surface area contributed by atoms with E-state index in [1.165, 1.54) is 0 Å². The maximum atomic E-state index is 14.2. The largest absolute Gasteiger partial charge is 0.368 e. The van der Waals surface area contributed by atoms with Gasteiger partial charge in [0.2, 0.25) is 5.67 Å². The summed E-state index contributed by atoms with van der Waals surface area (Å²) < 4.78 is 153. The molecule has 4 atom stereocenters. The average molecular weight is 368 g/mol. The Morgan fingerprint density at radius 2 is 1.09 bits per heavy atom. The summed E-state index contributed by atoms with van der Waals surface area (Å²) in [5, 5.41) is 8.61. The minimum absolute atomic E-state index is 0.565. The van der Waals surface area contributed by atoms with Crippen LogP contribution in [-0.2, 0) is 4.74 Å². The van der Waals surface area contributed by atoms with Crippen molar-refractivity contribution < 1.29 is 58.1 Å². The van der Waals surface area contributed by atoms with Gasteiger partial charge < -0.3 is 9.84 Å². The lowest BCUT2D eigenvalue weighted by molar-refractivity contribution is -0.383. The van der Waals surface area contributed by atoms with Crippen LogP contribution in [0.3, 0.4) is 0 Å². The van der Waals surface area contributed by atoms with Gasteiger partial charge >= 0.3 is 29.4 Å². The van der Waals surface area contributed by atoms with Crippen molar-refractivity contribution in [1.29, 1.82) is 0 Å². The summed E-state index contributed by atoms with van der Waals surface area (Å²) in [6, 6.07) is 0. The molecule has 2 aliphatic carbocycles. The predicted molar refractivity (Wildman–Crippen MR) is 48.9 cm³/mol.